The van der Waals surface area contributed by atoms with Crippen LogP contribution in [0.2, 0.25) is 0 Å². The number of nitrogens with zero attached hydrogens (tertiary/aromatic N) is 2. The van der Waals surface area contributed by atoms with Crippen molar-refractivity contribution in [3.63, 3.8) is 0 Å². The Balaban J connectivity index is 0.968. The van der Waals surface area contributed by atoms with Gasteiger partial charge in [-0.1, -0.05) is 146 Å². The minimum atomic E-state index is 0.870. The lowest BCUT2D eigenvalue weighted by molar-refractivity contribution is 1.31. The fourth-order valence-corrected chi connectivity index (χ4v) is 11.1. The molecule has 3 heterocycles. The second-order valence-corrected chi connectivity index (χ2v) is 16.6. The molecule has 0 aliphatic rings. The Morgan fingerprint density at radius 2 is 0.821 bits per heavy atom. The van der Waals surface area contributed by atoms with E-state index >= 15 is 0 Å². The number of hydrogen-bond donors (Lipinski definition) is 0. The second-order valence-electron chi connectivity index (χ2n) is 14.5. The van der Waals surface area contributed by atoms with Gasteiger partial charge in [-0.15, -0.1) is 22.7 Å². The van der Waals surface area contributed by atoms with E-state index in [4.69, 9.17) is 9.97 Å². The van der Waals surface area contributed by atoms with Crippen molar-refractivity contribution >= 4 is 95.6 Å². The summed E-state index contributed by atoms with van der Waals surface area (Å²) in [6.45, 7) is 0. The molecule has 0 aliphatic carbocycles. The number of hydrogen-bond acceptors (Lipinski definition) is 4. The summed E-state index contributed by atoms with van der Waals surface area (Å²) in [4.78, 5) is 10.5. The van der Waals surface area contributed by atoms with E-state index in [0.717, 1.165) is 33.1 Å². The number of fused-ring (bicyclic) bond motifs is 12. The average Bonchev–Trinajstić information content (AvgIpc) is 3.85. The van der Waals surface area contributed by atoms with Gasteiger partial charge in [-0.25, -0.2) is 4.98 Å². The van der Waals surface area contributed by atoms with Crippen LogP contribution >= 0.6 is 22.7 Å². The average molecular weight is 747 g/mol. The molecule has 0 spiro atoms. The number of aromatic nitrogens is 2. The normalized spacial score (nSPS) is 11.9. The predicted molar refractivity (Wildman–Crippen MR) is 242 cm³/mol. The van der Waals surface area contributed by atoms with Crippen molar-refractivity contribution in [1.29, 1.82) is 0 Å². The van der Waals surface area contributed by atoms with Gasteiger partial charge in [0.2, 0.25) is 0 Å². The maximum Gasteiger partial charge on any atom is 0.0979 e. The smallest absolute Gasteiger partial charge is 0.0979 e. The molecule has 3 aromatic heterocycles. The summed E-state index contributed by atoms with van der Waals surface area (Å²) in [5.41, 5.74) is 11.1. The molecule has 0 bridgehead atoms. The first-order valence-electron chi connectivity index (χ1n) is 18.9. The standard InChI is InChI=1S/C52H30N2S2/c1-2-18-41-38(15-1)45-29-32(31-11-7-12-33(27-31)36-19-9-21-43-39-16-3-5-23-47(39)55-51(36)43)25-26-42(45)49-50(41)54-46(30-53-49)35-14-8-13-34(28-35)37-20-10-22-44-40-17-4-6-24-48(40)56-52(37)44/h1-30H. The number of thiophene rings is 2. The molecular weight excluding hydrogens is 717 g/mol. The quantitative estimate of drug-likeness (QED) is 0.168. The Morgan fingerprint density at radius 1 is 0.321 bits per heavy atom. The van der Waals surface area contributed by atoms with Gasteiger partial charge in [0.15, 0.2) is 0 Å². The van der Waals surface area contributed by atoms with Gasteiger partial charge in [-0.3, -0.25) is 4.98 Å². The molecule has 0 fully saturated rings. The van der Waals surface area contributed by atoms with Crippen molar-refractivity contribution in [2.45, 2.75) is 0 Å². The largest absolute Gasteiger partial charge is 0.252 e. The van der Waals surface area contributed by atoms with E-state index in [1.54, 1.807) is 0 Å². The minimum absolute atomic E-state index is 0.870. The fraction of sp³-hybridized carbons (Fsp3) is 0. The van der Waals surface area contributed by atoms with E-state index in [2.05, 4.69) is 176 Å². The summed E-state index contributed by atoms with van der Waals surface area (Å²) in [6.07, 6.45) is 1.95. The highest BCUT2D eigenvalue weighted by Crippen LogP contribution is 2.43. The summed E-state index contributed by atoms with van der Waals surface area (Å²) in [5.74, 6) is 0. The molecule has 9 aromatic carbocycles. The lowest BCUT2D eigenvalue weighted by Gasteiger charge is -2.13. The highest BCUT2D eigenvalue weighted by molar-refractivity contribution is 7.26. The molecule has 56 heavy (non-hydrogen) atoms. The monoisotopic (exact) mass is 746 g/mol. The second kappa shape index (κ2) is 12.4. The summed E-state index contributed by atoms with van der Waals surface area (Å²) >= 11 is 3.74. The molecule has 2 nitrogen and oxygen atoms in total. The lowest BCUT2D eigenvalue weighted by atomic mass is 9.94. The molecule has 4 heteroatoms. The van der Waals surface area contributed by atoms with E-state index in [0.29, 0.717) is 0 Å². The first-order valence-corrected chi connectivity index (χ1v) is 20.5. The Kier molecular flexibility index (Phi) is 7.00. The third-order valence-electron chi connectivity index (χ3n) is 11.3. The SMILES string of the molecule is c1cc(-c2ccc3c(c2)c2ccccc2c2nc(-c4cccc(-c5cccc6c5sc5ccccc56)c4)cnc32)cc(-c2cccc3c2sc2ccccc23)c1. The van der Waals surface area contributed by atoms with E-state index in [9.17, 15) is 0 Å². The highest BCUT2D eigenvalue weighted by Gasteiger charge is 2.16. The van der Waals surface area contributed by atoms with Gasteiger partial charge in [-0.2, -0.15) is 0 Å². The summed E-state index contributed by atoms with van der Waals surface area (Å²) in [6, 6.07) is 63.9. The molecule has 0 amide bonds. The third-order valence-corrected chi connectivity index (χ3v) is 13.7. The molecule has 12 aromatic rings. The van der Waals surface area contributed by atoms with Crippen LogP contribution < -0.4 is 0 Å². The van der Waals surface area contributed by atoms with Crippen LogP contribution in [-0.4, -0.2) is 9.97 Å². The third kappa shape index (κ3) is 4.86. The minimum Gasteiger partial charge on any atom is -0.252 e. The zero-order valence-electron chi connectivity index (χ0n) is 30.0. The van der Waals surface area contributed by atoms with Gasteiger partial charge in [0.25, 0.3) is 0 Å². The van der Waals surface area contributed by atoms with Crippen molar-refractivity contribution < 1.29 is 0 Å². The van der Waals surface area contributed by atoms with Gasteiger partial charge in [0.05, 0.1) is 22.9 Å². The van der Waals surface area contributed by atoms with Crippen LogP contribution in [0.5, 0.6) is 0 Å². The zero-order chi connectivity index (χ0) is 36.7. The molecule has 0 radical (unpaired) electrons. The molecular formula is C52H30N2S2. The Morgan fingerprint density at radius 3 is 1.50 bits per heavy atom. The Hall–Kier alpha value is -6.72. The molecule has 0 N–H and O–H groups in total. The van der Waals surface area contributed by atoms with Crippen LogP contribution in [0.15, 0.2) is 182 Å². The molecule has 0 saturated heterocycles. The molecule has 0 aliphatic heterocycles. The van der Waals surface area contributed by atoms with E-state index in [-0.39, 0.29) is 0 Å². The van der Waals surface area contributed by atoms with Crippen molar-refractivity contribution in [3.05, 3.63) is 182 Å². The first-order chi connectivity index (χ1) is 27.7. The van der Waals surface area contributed by atoms with Crippen molar-refractivity contribution in [2.24, 2.45) is 0 Å². The molecule has 0 atom stereocenters. The number of benzene rings is 9. The number of rotatable bonds is 4. The summed E-state index contributed by atoms with van der Waals surface area (Å²) in [7, 11) is 0. The van der Waals surface area contributed by atoms with Crippen molar-refractivity contribution in [3.8, 4) is 44.6 Å². The van der Waals surface area contributed by atoms with Crippen LogP contribution in [0.25, 0.3) is 118 Å². The predicted octanol–water partition coefficient (Wildman–Crippen LogP) is 15.3. The Bertz CT molecular complexity index is 3300. The van der Waals surface area contributed by atoms with Crippen molar-refractivity contribution in [2.75, 3.05) is 0 Å². The van der Waals surface area contributed by atoms with Crippen LogP contribution in [0.4, 0.5) is 0 Å². The van der Waals surface area contributed by atoms with Crippen molar-refractivity contribution in [1.82, 2.24) is 9.97 Å². The highest BCUT2D eigenvalue weighted by atomic mass is 32.1. The Labute approximate surface area is 330 Å². The van der Waals surface area contributed by atoms with Crippen LogP contribution in [0, 0.1) is 0 Å². The van der Waals surface area contributed by atoms with Gasteiger partial charge in [-0.05, 0) is 74.5 Å². The van der Waals surface area contributed by atoms with Gasteiger partial charge >= 0.3 is 0 Å². The zero-order valence-corrected chi connectivity index (χ0v) is 31.7. The molecule has 0 saturated carbocycles. The van der Waals surface area contributed by atoms with Crippen LogP contribution in [-0.2, 0) is 0 Å². The van der Waals surface area contributed by atoms with Crippen LogP contribution in [0.3, 0.4) is 0 Å². The molecule has 260 valence electrons. The van der Waals surface area contributed by atoms with Crippen LogP contribution in [0.1, 0.15) is 0 Å². The summed E-state index contributed by atoms with van der Waals surface area (Å²) in [5, 5.41) is 9.84. The maximum atomic E-state index is 5.36. The van der Waals surface area contributed by atoms with Gasteiger partial charge < -0.3 is 0 Å². The van der Waals surface area contributed by atoms with E-state index in [1.807, 2.05) is 28.9 Å². The van der Waals surface area contributed by atoms with Gasteiger partial charge in [0, 0.05) is 56.7 Å². The maximum absolute atomic E-state index is 5.36. The van der Waals surface area contributed by atoms with E-state index < -0.39 is 0 Å². The first kappa shape index (κ1) is 31.6. The topological polar surface area (TPSA) is 25.8 Å². The lowest BCUT2D eigenvalue weighted by Crippen LogP contribution is -1.93. The molecule has 12 rings (SSSR count). The van der Waals surface area contributed by atoms with Gasteiger partial charge in [0.1, 0.15) is 0 Å². The van der Waals surface area contributed by atoms with E-state index in [1.165, 1.54) is 84.5 Å². The molecule has 0 unspecified atom stereocenters. The summed E-state index contributed by atoms with van der Waals surface area (Å²) < 4.78 is 5.28. The fourth-order valence-electron chi connectivity index (χ4n) is 8.65.